The van der Waals surface area contributed by atoms with E-state index in [0.717, 1.165) is 12.1 Å². The Morgan fingerprint density at radius 1 is 1.15 bits per heavy atom. The molecule has 0 bridgehead atoms. The third-order valence-electron chi connectivity index (χ3n) is 2.39. The molecule has 0 spiro atoms. The van der Waals surface area contributed by atoms with E-state index in [9.17, 15) is 23.3 Å². The molecule has 1 aromatic carbocycles. The molecular weight excluding hydrogens is 277 g/mol. The van der Waals surface area contributed by atoms with E-state index < -0.39 is 22.7 Å². The van der Waals surface area contributed by atoms with Crippen molar-refractivity contribution in [3.63, 3.8) is 0 Å². The normalized spacial score (nSPS) is 11.2. The molecular formula is C12H7F3N2O3. The highest BCUT2D eigenvalue weighted by molar-refractivity contribution is 5.74. The van der Waals surface area contributed by atoms with Crippen LogP contribution in [0.2, 0.25) is 0 Å². The third kappa shape index (κ3) is 3.22. The van der Waals surface area contributed by atoms with Gasteiger partial charge in [-0.3, -0.25) is 15.1 Å². The minimum atomic E-state index is -4.90. The number of ether oxygens (including phenoxy) is 1. The molecule has 0 fully saturated rings. The lowest BCUT2D eigenvalue weighted by Gasteiger charge is -2.10. The molecule has 0 atom stereocenters. The fraction of sp³-hybridized carbons (Fsp3) is 0.0833. The minimum absolute atomic E-state index is 0.187. The molecule has 20 heavy (non-hydrogen) atoms. The lowest BCUT2D eigenvalue weighted by molar-refractivity contribution is -0.384. The van der Waals surface area contributed by atoms with Crippen LogP contribution in [0.4, 0.5) is 18.9 Å². The van der Waals surface area contributed by atoms with Gasteiger partial charge in [0.15, 0.2) is 0 Å². The summed E-state index contributed by atoms with van der Waals surface area (Å²) in [5, 5.41) is 11.0. The number of nitro benzene ring substituents is 1. The van der Waals surface area contributed by atoms with Crippen LogP contribution < -0.4 is 4.74 Å². The van der Waals surface area contributed by atoms with Gasteiger partial charge in [-0.2, -0.15) is 0 Å². The second-order valence-electron chi connectivity index (χ2n) is 3.72. The second-order valence-corrected chi connectivity index (χ2v) is 3.72. The van der Waals surface area contributed by atoms with Gasteiger partial charge < -0.3 is 4.74 Å². The Bertz CT molecular complexity index is 630. The van der Waals surface area contributed by atoms with Gasteiger partial charge in [0.2, 0.25) is 0 Å². The molecule has 1 heterocycles. The zero-order valence-electron chi connectivity index (χ0n) is 9.79. The molecule has 104 valence electrons. The number of rotatable bonds is 3. The summed E-state index contributed by atoms with van der Waals surface area (Å²) in [6.45, 7) is 0. The number of hydrogen-bond acceptors (Lipinski definition) is 4. The maximum absolute atomic E-state index is 12.1. The Labute approximate surface area is 110 Å². The predicted molar refractivity (Wildman–Crippen MR) is 63.0 cm³/mol. The Kier molecular flexibility index (Phi) is 3.55. The van der Waals surface area contributed by atoms with Crippen molar-refractivity contribution in [1.82, 2.24) is 4.98 Å². The van der Waals surface area contributed by atoms with E-state index in [1.807, 2.05) is 0 Å². The van der Waals surface area contributed by atoms with Crippen molar-refractivity contribution in [1.29, 1.82) is 0 Å². The van der Waals surface area contributed by atoms with Crippen molar-refractivity contribution in [3.05, 3.63) is 52.8 Å². The van der Waals surface area contributed by atoms with Gasteiger partial charge in [0.05, 0.1) is 16.6 Å². The van der Waals surface area contributed by atoms with E-state index in [2.05, 4.69) is 9.72 Å². The summed E-state index contributed by atoms with van der Waals surface area (Å²) in [5.41, 5.74) is 0.190. The van der Waals surface area contributed by atoms with E-state index in [1.54, 1.807) is 0 Å². The number of alkyl halides is 3. The van der Waals surface area contributed by atoms with Gasteiger partial charge in [-0.25, -0.2) is 0 Å². The molecule has 1 aromatic heterocycles. The van der Waals surface area contributed by atoms with Crippen LogP contribution in [0.3, 0.4) is 0 Å². The Balaban J connectivity index is 2.47. The standard InChI is InChI=1S/C12H7F3N2O3/c13-12(14,15)20-9-1-2-10(11(7-9)17(18)19)8-3-5-16-6-4-8/h1-7H. The van der Waals surface area contributed by atoms with E-state index in [4.69, 9.17) is 0 Å². The number of nitro groups is 1. The lowest BCUT2D eigenvalue weighted by atomic mass is 10.1. The summed E-state index contributed by atoms with van der Waals surface area (Å²) in [5.74, 6) is -0.637. The van der Waals surface area contributed by atoms with Crippen LogP contribution in [-0.2, 0) is 0 Å². The number of hydrogen-bond donors (Lipinski definition) is 0. The summed E-state index contributed by atoms with van der Waals surface area (Å²) in [4.78, 5) is 14.0. The maximum atomic E-state index is 12.1. The van der Waals surface area contributed by atoms with Gasteiger partial charge in [-0.05, 0) is 29.8 Å². The van der Waals surface area contributed by atoms with Crippen molar-refractivity contribution in [2.24, 2.45) is 0 Å². The molecule has 8 heteroatoms. The monoisotopic (exact) mass is 284 g/mol. The van der Waals surface area contributed by atoms with Crippen molar-refractivity contribution in [2.75, 3.05) is 0 Å². The Morgan fingerprint density at radius 2 is 1.80 bits per heavy atom. The lowest BCUT2D eigenvalue weighted by Crippen LogP contribution is -2.17. The van der Waals surface area contributed by atoms with E-state index in [0.29, 0.717) is 5.56 Å². The number of halogens is 3. The van der Waals surface area contributed by atoms with E-state index in [-0.39, 0.29) is 5.56 Å². The Hall–Kier alpha value is -2.64. The molecule has 0 saturated carbocycles. The molecule has 2 aromatic rings. The second kappa shape index (κ2) is 5.16. The van der Waals surface area contributed by atoms with Crippen LogP contribution in [-0.4, -0.2) is 16.3 Å². The van der Waals surface area contributed by atoms with Gasteiger partial charge in [-0.1, -0.05) is 0 Å². The zero-order valence-corrected chi connectivity index (χ0v) is 9.79. The van der Waals surface area contributed by atoms with Gasteiger partial charge in [0.1, 0.15) is 5.75 Å². The molecule has 0 aliphatic heterocycles. The first-order valence-electron chi connectivity index (χ1n) is 5.31. The van der Waals surface area contributed by atoms with Crippen molar-refractivity contribution in [3.8, 4) is 16.9 Å². The zero-order chi connectivity index (χ0) is 14.8. The highest BCUT2D eigenvalue weighted by Crippen LogP contribution is 2.34. The molecule has 0 N–H and O–H groups in total. The number of benzene rings is 1. The van der Waals surface area contributed by atoms with Crippen LogP contribution in [0.5, 0.6) is 5.75 Å². The van der Waals surface area contributed by atoms with Gasteiger partial charge >= 0.3 is 6.36 Å². The number of pyridine rings is 1. The molecule has 0 amide bonds. The smallest absolute Gasteiger partial charge is 0.406 e. The molecule has 0 aliphatic carbocycles. The molecule has 0 radical (unpaired) electrons. The molecule has 2 rings (SSSR count). The largest absolute Gasteiger partial charge is 0.573 e. The Morgan fingerprint density at radius 3 is 2.35 bits per heavy atom. The van der Waals surface area contributed by atoms with Crippen molar-refractivity contribution >= 4 is 5.69 Å². The third-order valence-corrected chi connectivity index (χ3v) is 2.39. The minimum Gasteiger partial charge on any atom is -0.406 e. The highest BCUT2D eigenvalue weighted by Gasteiger charge is 2.32. The molecule has 0 unspecified atom stereocenters. The topological polar surface area (TPSA) is 65.3 Å². The van der Waals surface area contributed by atoms with Gasteiger partial charge in [-0.15, -0.1) is 13.2 Å². The first kappa shape index (κ1) is 13.8. The number of nitrogens with zero attached hydrogens (tertiary/aromatic N) is 2. The van der Waals surface area contributed by atoms with Crippen LogP contribution in [0, 0.1) is 10.1 Å². The highest BCUT2D eigenvalue weighted by atomic mass is 19.4. The summed E-state index contributed by atoms with van der Waals surface area (Å²) >= 11 is 0. The van der Waals surface area contributed by atoms with Crippen molar-refractivity contribution in [2.45, 2.75) is 6.36 Å². The van der Waals surface area contributed by atoms with Gasteiger partial charge in [0, 0.05) is 12.4 Å². The fourth-order valence-corrected chi connectivity index (χ4v) is 1.64. The summed E-state index contributed by atoms with van der Waals surface area (Å²) in [7, 11) is 0. The molecule has 0 saturated heterocycles. The fourth-order valence-electron chi connectivity index (χ4n) is 1.64. The van der Waals surface area contributed by atoms with E-state index in [1.165, 1.54) is 30.6 Å². The summed E-state index contributed by atoms with van der Waals surface area (Å²) in [6, 6.07) is 6.01. The first-order valence-corrected chi connectivity index (χ1v) is 5.31. The van der Waals surface area contributed by atoms with Crippen LogP contribution in [0.1, 0.15) is 0 Å². The van der Waals surface area contributed by atoms with E-state index >= 15 is 0 Å². The summed E-state index contributed by atoms with van der Waals surface area (Å²) in [6.07, 6.45) is -2.04. The molecule has 5 nitrogen and oxygen atoms in total. The van der Waals surface area contributed by atoms with Crippen LogP contribution in [0.25, 0.3) is 11.1 Å². The maximum Gasteiger partial charge on any atom is 0.573 e. The quantitative estimate of drug-likeness (QED) is 0.638. The van der Waals surface area contributed by atoms with Gasteiger partial charge in [0.25, 0.3) is 5.69 Å². The summed E-state index contributed by atoms with van der Waals surface area (Å²) < 4.78 is 40.0. The van der Waals surface area contributed by atoms with Crippen LogP contribution >= 0.6 is 0 Å². The van der Waals surface area contributed by atoms with Crippen LogP contribution in [0.15, 0.2) is 42.7 Å². The predicted octanol–water partition coefficient (Wildman–Crippen LogP) is 3.56. The first-order chi connectivity index (χ1) is 9.37. The van der Waals surface area contributed by atoms with Crippen molar-refractivity contribution < 1.29 is 22.8 Å². The average molecular weight is 284 g/mol. The number of aromatic nitrogens is 1. The molecule has 0 aliphatic rings. The average Bonchev–Trinajstić information content (AvgIpc) is 2.37. The SMILES string of the molecule is O=[N+]([O-])c1cc(OC(F)(F)F)ccc1-c1ccncc1.